The van der Waals surface area contributed by atoms with Crippen molar-refractivity contribution >= 4 is 5.91 Å². The number of nitrogens with zero attached hydrogens (tertiary/aromatic N) is 1. The lowest BCUT2D eigenvalue weighted by Gasteiger charge is -2.38. The van der Waals surface area contributed by atoms with Crippen LogP contribution in [0.3, 0.4) is 0 Å². The Kier molecular flexibility index (Phi) is 3.49. The van der Waals surface area contributed by atoms with Gasteiger partial charge in [0, 0.05) is 25.7 Å². The summed E-state index contributed by atoms with van der Waals surface area (Å²) in [5, 5.41) is 12.2. The molecule has 0 radical (unpaired) electrons. The highest BCUT2D eigenvalue weighted by molar-refractivity contribution is 5.85. The third kappa shape index (κ3) is 2.30. The number of halogens is 3. The topological polar surface area (TPSA) is 52.6 Å². The first kappa shape index (κ1) is 13.2. The van der Waals surface area contributed by atoms with Crippen LogP contribution in [0.4, 0.5) is 13.2 Å². The first-order valence-electron chi connectivity index (χ1n) is 4.99. The molecule has 1 fully saturated rings. The van der Waals surface area contributed by atoms with Crippen LogP contribution in [0.25, 0.3) is 0 Å². The number of rotatable bonds is 1. The summed E-state index contributed by atoms with van der Waals surface area (Å²) >= 11 is 0. The fraction of sp³-hybridized carbons (Fsp3) is 0.889. The second-order valence-electron chi connectivity index (χ2n) is 4.12. The van der Waals surface area contributed by atoms with Crippen LogP contribution in [0, 0.1) is 0 Å². The van der Waals surface area contributed by atoms with Crippen LogP contribution in [0.15, 0.2) is 0 Å². The maximum absolute atomic E-state index is 12.5. The molecule has 0 bridgehead atoms. The van der Waals surface area contributed by atoms with Gasteiger partial charge in [0.15, 0.2) is 0 Å². The number of piperazine rings is 1. The van der Waals surface area contributed by atoms with Crippen molar-refractivity contribution in [2.24, 2.45) is 0 Å². The molecular formula is C9H15F3N2O2. The van der Waals surface area contributed by atoms with E-state index in [1.165, 1.54) is 0 Å². The van der Waals surface area contributed by atoms with Crippen molar-refractivity contribution in [2.45, 2.75) is 31.7 Å². The van der Waals surface area contributed by atoms with Gasteiger partial charge in [-0.15, -0.1) is 0 Å². The molecule has 1 aliphatic heterocycles. The molecule has 1 unspecified atom stereocenters. The summed E-state index contributed by atoms with van der Waals surface area (Å²) in [6, 6.07) is -0.352. The molecule has 2 N–H and O–H groups in total. The van der Waals surface area contributed by atoms with Gasteiger partial charge in [-0.1, -0.05) is 0 Å². The van der Waals surface area contributed by atoms with E-state index in [1.807, 2.05) is 0 Å². The molecule has 0 aromatic rings. The van der Waals surface area contributed by atoms with Gasteiger partial charge in [-0.05, 0) is 13.8 Å². The molecule has 1 saturated heterocycles. The molecule has 4 nitrogen and oxygen atoms in total. The fourth-order valence-electron chi connectivity index (χ4n) is 1.54. The smallest absolute Gasteiger partial charge is 0.373 e. The molecule has 0 aromatic carbocycles. The quantitative estimate of drug-likeness (QED) is 0.684. The van der Waals surface area contributed by atoms with Crippen molar-refractivity contribution in [1.29, 1.82) is 0 Å². The number of amides is 1. The minimum absolute atomic E-state index is 0.173. The van der Waals surface area contributed by atoms with Crippen molar-refractivity contribution < 1.29 is 23.1 Å². The average Bonchev–Trinajstić information content (AvgIpc) is 2.15. The first-order chi connectivity index (χ1) is 7.18. The van der Waals surface area contributed by atoms with Crippen LogP contribution in [0.1, 0.15) is 13.8 Å². The molecule has 0 aromatic heterocycles. The van der Waals surface area contributed by atoms with E-state index in [2.05, 4.69) is 5.32 Å². The maximum Gasteiger partial charge on any atom is 0.426 e. The third-order valence-electron chi connectivity index (χ3n) is 2.73. The standard InChI is InChI=1S/C9H15F3N2O2/c1-6-5-13-3-4-14(6)7(15)8(2,16)9(10,11)12/h6,13,16H,3-5H2,1-2H3/t6-,8?/m1/s1. The minimum Gasteiger partial charge on any atom is -0.373 e. The van der Waals surface area contributed by atoms with Gasteiger partial charge < -0.3 is 15.3 Å². The SMILES string of the molecule is C[C@@H]1CNCCN1C(=O)C(C)(O)C(F)(F)F. The molecule has 94 valence electrons. The lowest BCUT2D eigenvalue weighted by molar-refractivity contribution is -0.251. The molecule has 1 rings (SSSR count). The number of aliphatic hydroxyl groups is 1. The van der Waals surface area contributed by atoms with Crippen LogP contribution in [-0.4, -0.2) is 53.4 Å². The number of carbonyl (C=O) groups excluding carboxylic acids is 1. The zero-order valence-electron chi connectivity index (χ0n) is 9.14. The highest BCUT2D eigenvalue weighted by Gasteiger charge is 2.57. The molecule has 7 heteroatoms. The molecule has 0 aliphatic carbocycles. The predicted molar refractivity (Wildman–Crippen MR) is 50.7 cm³/mol. The van der Waals surface area contributed by atoms with Crippen molar-refractivity contribution in [2.75, 3.05) is 19.6 Å². The number of alkyl halides is 3. The lowest BCUT2D eigenvalue weighted by atomic mass is 10.0. The summed E-state index contributed by atoms with van der Waals surface area (Å²) in [6.07, 6.45) is -4.95. The summed E-state index contributed by atoms with van der Waals surface area (Å²) < 4.78 is 37.4. The zero-order chi connectivity index (χ0) is 12.6. The average molecular weight is 240 g/mol. The lowest BCUT2D eigenvalue weighted by Crippen LogP contribution is -2.62. The van der Waals surface area contributed by atoms with Gasteiger partial charge in [0.25, 0.3) is 5.91 Å². The Labute approximate surface area is 91.4 Å². The molecule has 1 heterocycles. The van der Waals surface area contributed by atoms with Gasteiger partial charge in [0.2, 0.25) is 5.60 Å². The van der Waals surface area contributed by atoms with E-state index in [-0.39, 0.29) is 12.6 Å². The second kappa shape index (κ2) is 4.21. The van der Waals surface area contributed by atoms with Gasteiger partial charge in [-0.3, -0.25) is 4.79 Å². The van der Waals surface area contributed by atoms with Crippen LogP contribution in [-0.2, 0) is 4.79 Å². The van der Waals surface area contributed by atoms with Crippen LogP contribution >= 0.6 is 0 Å². The Hall–Kier alpha value is -0.820. The highest BCUT2D eigenvalue weighted by atomic mass is 19.4. The van der Waals surface area contributed by atoms with Gasteiger partial charge in [-0.25, -0.2) is 0 Å². The Morgan fingerprint density at radius 1 is 1.50 bits per heavy atom. The summed E-state index contributed by atoms with van der Waals surface area (Å²) in [7, 11) is 0. The van der Waals surface area contributed by atoms with E-state index in [0.717, 1.165) is 4.90 Å². The van der Waals surface area contributed by atoms with Gasteiger partial charge >= 0.3 is 6.18 Å². The molecule has 0 saturated carbocycles. The monoisotopic (exact) mass is 240 g/mol. The van der Waals surface area contributed by atoms with Gasteiger partial charge in [0.1, 0.15) is 0 Å². The van der Waals surface area contributed by atoms with Crippen LogP contribution in [0.2, 0.25) is 0 Å². The molecule has 1 amide bonds. The van der Waals surface area contributed by atoms with Crippen LogP contribution in [0.5, 0.6) is 0 Å². The Balaban J connectivity index is 2.84. The summed E-state index contributed by atoms with van der Waals surface area (Å²) in [4.78, 5) is 12.7. The molecular weight excluding hydrogens is 225 g/mol. The predicted octanol–water partition coefficient (Wildman–Crippen LogP) is 0.120. The van der Waals surface area contributed by atoms with Crippen LogP contribution < -0.4 is 5.32 Å². The van der Waals surface area contributed by atoms with E-state index in [9.17, 15) is 23.1 Å². The molecule has 2 atom stereocenters. The zero-order valence-corrected chi connectivity index (χ0v) is 9.14. The Morgan fingerprint density at radius 2 is 2.06 bits per heavy atom. The number of hydrogen-bond donors (Lipinski definition) is 2. The van der Waals surface area contributed by atoms with E-state index >= 15 is 0 Å². The van der Waals surface area contributed by atoms with Crippen molar-refractivity contribution in [3.63, 3.8) is 0 Å². The minimum atomic E-state index is -4.95. The van der Waals surface area contributed by atoms with Gasteiger partial charge in [0.05, 0.1) is 0 Å². The van der Waals surface area contributed by atoms with E-state index in [4.69, 9.17) is 0 Å². The first-order valence-corrected chi connectivity index (χ1v) is 4.99. The third-order valence-corrected chi connectivity index (χ3v) is 2.73. The van der Waals surface area contributed by atoms with E-state index in [0.29, 0.717) is 20.0 Å². The van der Waals surface area contributed by atoms with E-state index in [1.54, 1.807) is 6.92 Å². The van der Waals surface area contributed by atoms with Crippen molar-refractivity contribution in [3.05, 3.63) is 0 Å². The van der Waals surface area contributed by atoms with Crippen molar-refractivity contribution in [3.8, 4) is 0 Å². The largest absolute Gasteiger partial charge is 0.426 e. The Bertz CT molecular complexity index is 278. The van der Waals surface area contributed by atoms with E-state index < -0.39 is 17.7 Å². The molecule has 16 heavy (non-hydrogen) atoms. The molecule has 1 aliphatic rings. The number of carbonyl (C=O) groups is 1. The summed E-state index contributed by atoms with van der Waals surface area (Å²) in [5.74, 6) is -1.28. The summed E-state index contributed by atoms with van der Waals surface area (Å²) in [5.41, 5.74) is -3.31. The molecule has 0 spiro atoms. The maximum atomic E-state index is 12.5. The summed E-state index contributed by atoms with van der Waals surface area (Å²) in [6.45, 7) is 3.16. The second-order valence-corrected chi connectivity index (χ2v) is 4.12. The number of nitrogens with one attached hydrogen (secondary N) is 1. The fourth-order valence-corrected chi connectivity index (χ4v) is 1.54. The Morgan fingerprint density at radius 3 is 2.50 bits per heavy atom. The van der Waals surface area contributed by atoms with Gasteiger partial charge in [-0.2, -0.15) is 13.2 Å². The highest BCUT2D eigenvalue weighted by Crippen LogP contribution is 2.32. The van der Waals surface area contributed by atoms with Crippen molar-refractivity contribution in [1.82, 2.24) is 10.2 Å². The normalized spacial score (nSPS) is 26.4. The number of hydrogen-bond acceptors (Lipinski definition) is 3.